The lowest BCUT2D eigenvalue weighted by Gasteiger charge is -2.17. The number of ether oxygens (including phenoxy) is 2. The van der Waals surface area contributed by atoms with Crippen molar-refractivity contribution in [3.05, 3.63) is 45.8 Å². The van der Waals surface area contributed by atoms with Crippen molar-refractivity contribution in [3.63, 3.8) is 0 Å². The SMILES string of the molecule is COc1cc2ncn(CCCC(=O)N(C)Cc3c(C)noc3C)c(=O)c2cc1OC. The maximum Gasteiger partial charge on any atom is 0.261 e. The Kier molecular flexibility index (Phi) is 6.39. The third-order valence-corrected chi connectivity index (χ3v) is 5.12. The summed E-state index contributed by atoms with van der Waals surface area (Å²) in [5.41, 5.74) is 2.06. The summed E-state index contributed by atoms with van der Waals surface area (Å²) in [6.45, 7) is 4.52. The zero-order valence-corrected chi connectivity index (χ0v) is 17.9. The van der Waals surface area contributed by atoms with Crippen LogP contribution < -0.4 is 15.0 Å². The summed E-state index contributed by atoms with van der Waals surface area (Å²) in [7, 11) is 4.80. The first-order valence-electron chi connectivity index (χ1n) is 9.62. The predicted octanol–water partition coefficient (Wildman–Crippen LogP) is 2.46. The van der Waals surface area contributed by atoms with Crippen LogP contribution in [0.15, 0.2) is 27.8 Å². The lowest BCUT2D eigenvalue weighted by Crippen LogP contribution is -2.27. The Morgan fingerprint density at radius 2 is 1.90 bits per heavy atom. The minimum absolute atomic E-state index is 0.0109. The fraction of sp³-hybridized carbons (Fsp3) is 0.429. The van der Waals surface area contributed by atoms with Crippen molar-refractivity contribution in [2.24, 2.45) is 0 Å². The van der Waals surface area contributed by atoms with Crippen LogP contribution in [-0.4, -0.2) is 46.8 Å². The van der Waals surface area contributed by atoms with Crippen molar-refractivity contribution in [1.82, 2.24) is 19.6 Å². The first-order chi connectivity index (χ1) is 14.3. The molecule has 0 atom stereocenters. The number of hydrogen-bond donors (Lipinski definition) is 0. The van der Waals surface area contributed by atoms with Gasteiger partial charge >= 0.3 is 0 Å². The van der Waals surface area contributed by atoms with E-state index in [1.54, 1.807) is 24.1 Å². The van der Waals surface area contributed by atoms with Gasteiger partial charge in [0, 0.05) is 31.6 Å². The van der Waals surface area contributed by atoms with Gasteiger partial charge in [-0.3, -0.25) is 14.2 Å². The molecule has 0 spiro atoms. The number of nitrogens with zero attached hydrogens (tertiary/aromatic N) is 4. The van der Waals surface area contributed by atoms with E-state index in [9.17, 15) is 9.59 Å². The normalized spacial score (nSPS) is 11.0. The molecule has 2 aromatic heterocycles. The van der Waals surface area contributed by atoms with Crippen molar-refractivity contribution in [3.8, 4) is 11.5 Å². The van der Waals surface area contributed by atoms with E-state index in [2.05, 4.69) is 10.1 Å². The van der Waals surface area contributed by atoms with Crippen LogP contribution in [0.5, 0.6) is 11.5 Å². The van der Waals surface area contributed by atoms with E-state index >= 15 is 0 Å². The van der Waals surface area contributed by atoms with Gasteiger partial charge in [-0.05, 0) is 26.3 Å². The van der Waals surface area contributed by atoms with Gasteiger partial charge in [-0.1, -0.05) is 5.16 Å². The molecular weight excluding hydrogens is 388 g/mol. The standard InChI is InChI=1S/C21H26N4O5/c1-13-16(14(2)30-23-13)11-24(3)20(26)7-6-8-25-12-22-17-10-19(29-5)18(28-4)9-15(17)21(25)27/h9-10,12H,6-8,11H2,1-5H3. The summed E-state index contributed by atoms with van der Waals surface area (Å²) in [4.78, 5) is 31.3. The molecule has 1 amide bonds. The number of aryl methyl sites for hydroxylation is 3. The average molecular weight is 414 g/mol. The Bertz CT molecular complexity index is 1100. The highest BCUT2D eigenvalue weighted by atomic mass is 16.5. The molecule has 0 saturated carbocycles. The molecule has 0 saturated heterocycles. The van der Waals surface area contributed by atoms with E-state index in [0.29, 0.717) is 54.1 Å². The number of rotatable bonds is 8. The fourth-order valence-electron chi connectivity index (χ4n) is 3.29. The average Bonchev–Trinajstić information content (AvgIpc) is 3.06. The third kappa shape index (κ3) is 4.29. The zero-order valence-electron chi connectivity index (χ0n) is 17.9. The number of amides is 1. The maximum absolute atomic E-state index is 12.8. The molecule has 30 heavy (non-hydrogen) atoms. The summed E-state index contributed by atoms with van der Waals surface area (Å²) < 4.78 is 17.2. The smallest absolute Gasteiger partial charge is 0.261 e. The van der Waals surface area contributed by atoms with Crippen molar-refractivity contribution in [2.75, 3.05) is 21.3 Å². The van der Waals surface area contributed by atoms with Crippen LogP contribution in [0, 0.1) is 13.8 Å². The number of aromatic nitrogens is 3. The minimum Gasteiger partial charge on any atom is -0.493 e. The molecule has 0 radical (unpaired) electrons. The second-order valence-corrected chi connectivity index (χ2v) is 7.12. The lowest BCUT2D eigenvalue weighted by atomic mass is 10.2. The quantitative estimate of drug-likeness (QED) is 0.558. The molecule has 2 heterocycles. The Morgan fingerprint density at radius 1 is 1.20 bits per heavy atom. The predicted molar refractivity (Wildman–Crippen MR) is 111 cm³/mol. The van der Waals surface area contributed by atoms with Crippen molar-refractivity contribution in [1.29, 1.82) is 0 Å². The van der Waals surface area contributed by atoms with E-state index in [4.69, 9.17) is 14.0 Å². The molecule has 3 aromatic rings. The van der Waals surface area contributed by atoms with Gasteiger partial charge in [-0.25, -0.2) is 4.98 Å². The fourth-order valence-corrected chi connectivity index (χ4v) is 3.29. The molecule has 0 aliphatic rings. The third-order valence-electron chi connectivity index (χ3n) is 5.12. The Morgan fingerprint density at radius 3 is 2.53 bits per heavy atom. The highest BCUT2D eigenvalue weighted by Crippen LogP contribution is 2.29. The van der Waals surface area contributed by atoms with E-state index in [-0.39, 0.29) is 11.5 Å². The zero-order chi connectivity index (χ0) is 21.8. The van der Waals surface area contributed by atoms with E-state index in [1.165, 1.54) is 25.1 Å². The first-order valence-corrected chi connectivity index (χ1v) is 9.62. The van der Waals surface area contributed by atoms with Crippen LogP contribution in [0.2, 0.25) is 0 Å². The van der Waals surface area contributed by atoms with Crippen LogP contribution in [0.25, 0.3) is 10.9 Å². The van der Waals surface area contributed by atoms with Gasteiger partial charge in [0.25, 0.3) is 5.56 Å². The second-order valence-electron chi connectivity index (χ2n) is 7.12. The van der Waals surface area contributed by atoms with Crippen LogP contribution in [0.3, 0.4) is 0 Å². The van der Waals surface area contributed by atoms with Gasteiger partial charge in [0.05, 0.1) is 43.7 Å². The number of methoxy groups -OCH3 is 2. The minimum atomic E-state index is -0.183. The molecular formula is C21H26N4O5. The number of carbonyl (C=O) groups is 1. The molecule has 0 aliphatic heterocycles. The summed E-state index contributed by atoms with van der Waals surface area (Å²) in [5.74, 6) is 1.69. The van der Waals surface area contributed by atoms with Gasteiger partial charge in [-0.15, -0.1) is 0 Å². The van der Waals surface area contributed by atoms with Gasteiger partial charge in [0.1, 0.15) is 5.76 Å². The van der Waals surface area contributed by atoms with Crippen molar-refractivity contribution < 1.29 is 18.8 Å². The molecule has 9 nitrogen and oxygen atoms in total. The molecule has 9 heteroatoms. The molecule has 0 aliphatic carbocycles. The van der Waals surface area contributed by atoms with Crippen LogP contribution in [-0.2, 0) is 17.9 Å². The van der Waals surface area contributed by atoms with Crippen LogP contribution in [0.4, 0.5) is 0 Å². The van der Waals surface area contributed by atoms with Gasteiger partial charge in [0.2, 0.25) is 5.91 Å². The number of benzene rings is 1. The Balaban J connectivity index is 1.66. The molecule has 160 valence electrons. The van der Waals surface area contributed by atoms with E-state index in [1.807, 2.05) is 13.8 Å². The highest BCUT2D eigenvalue weighted by molar-refractivity contribution is 5.81. The monoisotopic (exact) mass is 414 g/mol. The molecule has 0 fully saturated rings. The number of fused-ring (bicyclic) bond motifs is 1. The van der Waals surface area contributed by atoms with E-state index < -0.39 is 0 Å². The van der Waals surface area contributed by atoms with Gasteiger partial charge in [0.15, 0.2) is 11.5 Å². The number of hydrogen-bond acceptors (Lipinski definition) is 7. The maximum atomic E-state index is 12.8. The van der Waals surface area contributed by atoms with Crippen LogP contribution in [0.1, 0.15) is 29.9 Å². The number of carbonyl (C=O) groups excluding carboxylic acids is 1. The molecule has 1 aromatic carbocycles. The second kappa shape index (κ2) is 8.98. The topological polar surface area (TPSA) is 99.7 Å². The summed E-state index contributed by atoms with van der Waals surface area (Å²) >= 11 is 0. The molecule has 0 bridgehead atoms. The first kappa shape index (κ1) is 21.4. The summed E-state index contributed by atoms with van der Waals surface area (Å²) in [6.07, 6.45) is 2.33. The Labute approximate surface area is 174 Å². The highest BCUT2D eigenvalue weighted by Gasteiger charge is 2.16. The molecule has 3 rings (SSSR count). The molecule has 0 unspecified atom stereocenters. The largest absolute Gasteiger partial charge is 0.493 e. The van der Waals surface area contributed by atoms with E-state index in [0.717, 1.165) is 11.3 Å². The molecule has 0 N–H and O–H groups in total. The summed E-state index contributed by atoms with van der Waals surface area (Å²) in [6, 6.07) is 3.30. The summed E-state index contributed by atoms with van der Waals surface area (Å²) in [5, 5.41) is 4.36. The van der Waals surface area contributed by atoms with Gasteiger partial charge in [-0.2, -0.15) is 0 Å². The lowest BCUT2D eigenvalue weighted by molar-refractivity contribution is -0.130. The van der Waals surface area contributed by atoms with Crippen LogP contribution >= 0.6 is 0 Å². The van der Waals surface area contributed by atoms with Gasteiger partial charge < -0.3 is 18.9 Å². The van der Waals surface area contributed by atoms with Crippen molar-refractivity contribution >= 4 is 16.8 Å². The van der Waals surface area contributed by atoms with Crippen molar-refractivity contribution in [2.45, 2.75) is 39.8 Å². The Hall–Kier alpha value is -3.36.